The van der Waals surface area contributed by atoms with Crippen LogP contribution in [-0.4, -0.2) is 46.0 Å². The minimum absolute atomic E-state index is 0.259. The first-order chi connectivity index (χ1) is 7.29. The number of hydrogen-bond acceptors (Lipinski definition) is 3. The van der Waals surface area contributed by atoms with Gasteiger partial charge in [-0.25, -0.2) is 0 Å². The van der Waals surface area contributed by atoms with Gasteiger partial charge in [0.2, 0.25) is 0 Å². The molecule has 1 aromatic rings. The summed E-state index contributed by atoms with van der Waals surface area (Å²) in [5.41, 5.74) is 1.19. The van der Waals surface area contributed by atoms with Gasteiger partial charge in [0.05, 0.1) is 12.3 Å². The summed E-state index contributed by atoms with van der Waals surface area (Å²) in [4.78, 5) is 2.32. The van der Waals surface area contributed by atoms with Crippen LogP contribution in [0.4, 0.5) is 0 Å². The Morgan fingerprint density at radius 3 is 3.13 bits per heavy atom. The van der Waals surface area contributed by atoms with Crippen LogP contribution in [0.1, 0.15) is 24.5 Å². The zero-order valence-electron chi connectivity index (χ0n) is 9.26. The summed E-state index contributed by atoms with van der Waals surface area (Å²) in [7, 11) is 1.96. The van der Waals surface area contributed by atoms with E-state index in [0.29, 0.717) is 5.92 Å². The standard InChI is InChI=1S/C11H19N3O/c1-13-6-4-11(12-13)10-3-2-5-14(9-10)7-8-15/h4,6,10,15H,2-3,5,7-9H2,1H3. The highest BCUT2D eigenvalue weighted by Gasteiger charge is 2.22. The number of hydrogen-bond donors (Lipinski definition) is 1. The molecule has 4 heteroatoms. The van der Waals surface area contributed by atoms with Crippen molar-refractivity contribution in [2.24, 2.45) is 7.05 Å². The van der Waals surface area contributed by atoms with E-state index in [1.807, 2.05) is 17.9 Å². The second-order valence-corrected chi connectivity index (χ2v) is 4.28. The molecule has 84 valence electrons. The molecular formula is C11H19N3O. The van der Waals surface area contributed by atoms with Crippen LogP contribution in [0.25, 0.3) is 0 Å². The van der Waals surface area contributed by atoms with E-state index in [0.717, 1.165) is 19.6 Å². The average molecular weight is 209 g/mol. The van der Waals surface area contributed by atoms with Gasteiger partial charge in [0.15, 0.2) is 0 Å². The summed E-state index contributed by atoms with van der Waals surface area (Å²) in [6.45, 7) is 3.21. The van der Waals surface area contributed by atoms with E-state index in [-0.39, 0.29) is 6.61 Å². The SMILES string of the molecule is Cn1ccc(C2CCCN(CCO)C2)n1. The number of nitrogens with zero attached hydrogens (tertiary/aromatic N) is 3. The molecule has 1 atom stereocenters. The van der Waals surface area contributed by atoms with Crippen molar-refractivity contribution in [3.05, 3.63) is 18.0 Å². The highest BCUT2D eigenvalue weighted by molar-refractivity contribution is 5.08. The van der Waals surface area contributed by atoms with Gasteiger partial charge < -0.3 is 10.0 Å². The number of rotatable bonds is 3. The lowest BCUT2D eigenvalue weighted by Gasteiger charge is -2.31. The first-order valence-electron chi connectivity index (χ1n) is 5.62. The summed E-state index contributed by atoms with van der Waals surface area (Å²) in [5.74, 6) is 0.548. The van der Waals surface area contributed by atoms with Crippen LogP contribution < -0.4 is 0 Å². The molecule has 15 heavy (non-hydrogen) atoms. The molecule has 1 aromatic heterocycles. The zero-order valence-corrected chi connectivity index (χ0v) is 9.26. The van der Waals surface area contributed by atoms with E-state index in [1.165, 1.54) is 18.5 Å². The largest absolute Gasteiger partial charge is 0.395 e. The molecule has 2 heterocycles. The van der Waals surface area contributed by atoms with Crippen molar-refractivity contribution >= 4 is 0 Å². The van der Waals surface area contributed by atoms with E-state index >= 15 is 0 Å². The van der Waals surface area contributed by atoms with Crippen LogP contribution >= 0.6 is 0 Å². The molecule has 0 aliphatic carbocycles. The van der Waals surface area contributed by atoms with Crippen molar-refractivity contribution in [2.75, 3.05) is 26.2 Å². The second-order valence-electron chi connectivity index (χ2n) is 4.28. The van der Waals surface area contributed by atoms with Gasteiger partial charge in [-0.15, -0.1) is 0 Å². The molecular weight excluding hydrogens is 190 g/mol. The van der Waals surface area contributed by atoms with E-state index in [2.05, 4.69) is 16.1 Å². The van der Waals surface area contributed by atoms with Gasteiger partial charge in [-0.1, -0.05) is 0 Å². The van der Waals surface area contributed by atoms with Gasteiger partial charge in [0, 0.05) is 32.3 Å². The number of piperidine rings is 1. The Bertz CT molecular complexity index is 309. The number of β-amino-alcohol motifs (C(OH)–C–C–N with tert-alkyl or cyclic N) is 1. The lowest BCUT2D eigenvalue weighted by Crippen LogP contribution is -2.36. The van der Waals surface area contributed by atoms with Gasteiger partial charge in [0.25, 0.3) is 0 Å². The molecule has 1 saturated heterocycles. The molecule has 0 spiro atoms. The van der Waals surface area contributed by atoms with Crippen LogP contribution in [0.2, 0.25) is 0 Å². The summed E-state index contributed by atoms with van der Waals surface area (Å²) in [6.07, 6.45) is 4.43. The summed E-state index contributed by atoms with van der Waals surface area (Å²) < 4.78 is 1.86. The quantitative estimate of drug-likeness (QED) is 0.792. The number of likely N-dealkylation sites (tertiary alicyclic amines) is 1. The molecule has 1 N–H and O–H groups in total. The van der Waals surface area contributed by atoms with Crippen LogP contribution in [-0.2, 0) is 7.05 Å². The topological polar surface area (TPSA) is 41.3 Å². The maximum absolute atomic E-state index is 8.92. The predicted octanol–water partition coefficient (Wildman–Crippen LogP) is 0.592. The van der Waals surface area contributed by atoms with Gasteiger partial charge in [0.1, 0.15) is 0 Å². The highest BCUT2D eigenvalue weighted by Crippen LogP contribution is 2.24. The van der Waals surface area contributed by atoms with Crippen LogP contribution in [0.3, 0.4) is 0 Å². The van der Waals surface area contributed by atoms with Crippen molar-refractivity contribution in [1.29, 1.82) is 0 Å². The maximum atomic E-state index is 8.92. The molecule has 0 saturated carbocycles. The minimum Gasteiger partial charge on any atom is -0.395 e. The minimum atomic E-state index is 0.259. The highest BCUT2D eigenvalue weighted by atomic mass is 16.3. The van der Waals surface area contributed by atoms with Crippen molar-refractivity contribution in [1.82, 2.24) is 14.7 Å². The fourth-order valence-corrected chi connectivity index (χ4v) is 2.29. The molecule has 2 rings (SSSR count). The fraction of sp³-hybridized carbons (Fsp3) is 0.727. The summed E-state index contributed by atoms with van der Waals surface area (Å²) >= 11 is 0. The van der Waals surface area contributed by atoms with Crippen molar-refractivity contribution in [3.8, 4) is 0 Å². The Morgan fingerprint density at radius 1 is 1.60 bits per heavy atom. The number of aromatic nitrogens is 2. The molecule has 1 aliphatic rings. The van der Waals surface area contributed by atoms with Gasteiger partial charge >= 0.3 is 0 Å². The Hall–Kier alpha value is -0.870. The first kappa shape index (κ1) is 10.6. The van der Waals surface area contributed by atoms with Gasteiger partial charge in [-0.05, 0) is 25.5 Å². The Labute approximate surface area is 90.5 Å². The van der Waals surface area contributed by atoms with Crippen LogP contribution in [0.5, 0.6) is 0 Å². The van der Waals surface area contributed by atoms with Crippen molar-refractivity contribution in [3.63, 3.8) is 0 Å². The molecule has 4 nitrogen and oxygen atoms in total. The van der Waals surface area contributed by atoms with E-state index in [9.17, 15) is 0 Å². The molecule has 1 unspecified atom stereocenters. The van der Waals surface area contributed by atoms with E-state index in [4.69, 9.17) is 5.11 Å². The molecule has 1 aliphatic heterocycles. The van der Waals surface area contributed by atoms with Gasteiger partial charge in [-0.2, -0.15) is 5.10 Å². The monoisotopic (exact) mass is 209 g/mol. The van der Waals surface area contributed by atoms with Crippen LogP contribution in [0.15, 0.2) is 12.3 Å². The maximum Gasteiger partial charge on any atom is 0.0668 e. The molecule has 1 fully saturated rings. The van der Waals surface area contributed by atoms with Crippen molar-refractivity contribution in [2.45, 2.75) is 18.8 Å². The molecule has 0 aromatic carbocycles. The zero-order chi connectivity index (χ0) is 10.7. The third-order valence-electron chi connectivity index (χ3n) is 3.07. The molecule has 0 radical (unpaired) electrons. The average Bonchev–Trinajstić information content (AvgIpc) is 2.66. The Balaban J connectivity index is 1.98. The molecule has 0 bridgehead atoms. The van der Waals surface area contributed by atoms with E-state index in [1.54, 1.807) is 0 Å². The Morgan fingerprint density at radius 2 is 2.47 bits per heavy atom. The number of aryl methyl sites for hydroxylation is 1. The summed E-state index contributed by atoms with van der Waals surface area (Å²) in [5, 5.41) is 13.4. The normalized spacial score (nSPS) is 23.2. The number of aliphatic hydroxyl groups excluding tert-OH is 1. The third-order valence-corrected chi connectivity index (χ3v) is 3.07. The van der Waals surface area contributed by atoms with Crippen LogP contribution in [0, 0.1) is 0 Å². The van der Waals surface area contributed by atoms with E-state index < -0.39 is 0 Å². The first-order valence-corrected chi connectivity index (χ1v) is 5.62. The smallest absolute Gasteiger partial charge is 0.0668 e. The second kappa shape index (κ2) is 4.77. The number of aliphatic hydroxyl groups is 1. The molecule has 0 amide bonds. The lowest BCUT2D eigenvalue weighted by atomic mass is 9.95. The summed E-state index contributed by atoms with van der Waals surface area (Å²) in [6, 6.07) is 2.10. The fourth-order valence-electron chi connectivity index (χ4n) is 2.29. The third kappa shape index (κ3) is 2.58. The predicted molar refractivity (Wildman–Crippen MR) is 58.7 cm³/mol. The Kier molecular flexibility index (Phi) is 3.38. The van der Waals surface area contributed by atoms with Crippen molar-refractivity contribution < 1.29 is 5.11 Å². The van der Waals surface area contributed by atoms with Gasteiger partial charge in [-0.3, -0.25) is 4.68 Å². The lowest BCUT2D eigenvalue weighted by molar-refractivity contribution is 0.160.